The maximum atomic E-state index is 5.85. The largest absolute Gasteiger partial charge is 0.490 e. The second-order valence-corrected chi connectivity index (χ2v) is 6.33. The zero-order valence-electron chi connectivity index (χ0n) is 12.0. The molecule has 19 heavy (non-hydrogen) atoms. The van der Waals surface area contributed by atoms with Gasteiger partial charge in [0.05, 0.1) is 13.2 Å². The highest BCUT2D eigenvalue weighted by molar-refractivity contribution is 9.09. The lowest BCUT2D eigenvalue weighted by Gasteiger charge is -2.15. The van der Waals surface area contributed by atoms with E-state index in [4.69, 9.17) is 9.47 Å². The van der Waals surface area contributed by atoms with Crippen LogP contribution in [0.25, 0.3) is 0 Å². The normalized spacial score (nSPS) is 21.3. The van der Waals surface area contributed by atoms with Crippen molar-refractivity contribution in [1.82, 2.24) is 0 Å². The second-order valence-electron chi connectivity index (χ2n) is 5.23. The minimum atomic E-state index is 0.446. The summed E-state index contributed by atoms with van der Waals surface area (Å²) in [5.41, 5.74) is 2.76. The van der Waals surface area contributed by atoms with Gasteiger partial charge < -0.3 is 9.47 Å². The summed E-state index contributed by atoms with van der Waals surface area (Å²) in [7, 11) is 0. The number of ether oxygens (including phenoxy) is 2. The Labute approximate surface area is 124 Å². The summed E-state index contributed by atoms with van der Waals surface area (Å²) in [5, 5.41) is 0. The van der Waals surface area contributed by atoms with Crippen molar-refractivity contribution in [2.75, 3.05) is 13.2 Å². The molecule has 2 nitrogen and oxygen atoms in total. The molecule has 0 saturated heterocycles. The van der Waals surface area contributed by atoms with Crippen LogP contribution in [0, 0.1) is 0 Å². The van der Waals surface area contributed by atoms with Gasteiger partial charge in [-0.3, -0.25) is 0 Å². The topological polar surface area (TPSA) is 18.5 Å². The number of benzene rings is 1. The lowest BCUT2D eigenvalue weighted by atomic mass is 10.0. The molecule has 0 spiro atoms. The van der Waals surface area contributed by atoms with Gasteiger partial charge in [0, 0.05) is 4.83 Å². The van der Waals surface area contributed by atoms with Crippen LogP contribution in [0.5, 0.6) is 11.5 Å². The number of rotatable bonds is 6. The van der Waals surface area contributed by atoms with Gasteiger partial charge in [-0.1, -0.05) is 36.7 Å². The summed E-state index contributed by atoms with van der Waals surface area (Å²) < 4.78 is 11.7. The lowest BCUT2D eigenvalue weighted by molar-refractivity contribution is 0.268. The fourth-order valence-electron chi connectivity index (χ4n) is 2.50. The van der Waals surface area contributed by atoms with Crippen molar-refractivity contribution >= 4 is 15.9 Å². The van der Waals surface area contributed by atoms with E-state index < -0.39 is 0 Å². The highest BCUT2D eigenvalue weighted by Gasteiger charge is 2.28. The maximum Gasteiger partial charge on any atom is 0.161 e. The fraction of sp³-hybridized carbons (Fsp3) is 0.625. The quantitative estimate of drug-likeness (QED) is 0.668. The number of halogens is 1. The van der Waals surface area contributed by atoms with Crippen molar-refractivity contribution in [3.05, 3.63) is 23.3 Å². The molecule has 1 aliphatic carbocycles. The standard InChI is InChI=1S/C16H23BrO2/c1-4-6-18-15-9-12-11(3)8-14(17)13(12)10-16(15)19-7-5-2/h9-11,14H,4-8H2,1-3H3. The van der Waals surface area contributed by atoms with Crippen LogP contribution in [0.15, 0.2) is 12.1 Å². The van der Waals surface area contributed by atoms with Crippen LogP contribution in [0.2, 0.25) is 0 Å². The van der Waals surface area contributed by atoms with Crippen molar-refractivity contribution in [3.63, 3.8) is 0 Å². The van der Waals surface area contributed by atoms with Gasteiger partial charge in [0.25, 0.3) is 0 Å². The van der Waals surface area contributed by atoms with Crippen molar-refractivity contribution in [2.45, 2.75) is 50.8 Å². The minimum absolute atomic E-state index is 0.446. The average Bonchev–Trinajstić information content (AvgIpc) is 2.68. The first-order valence-electron chi connectivity index (χ1n) is 7.24. The highest BCUT2D eigenvalue weighted by Crippen LogP contribution is 2.48. The molecule has 2 rings (SSSR count). The zero-order chi connectivity index (χ0) is 13.8. The molecule has 0 bridgehead atoms. The maximum absolute atomic E-state index is 5.85. The molecule has 0 heterocycles. The van der Waals surface area contributed by atoms with Crippen molar-refractivity contribution < 1.29 is 9.47 Å². The van der Waals surface area contributed by atoms with Gasteiger partial charge >= 0.3 is 0 Å². The monoisotopic (exact) mass is 326 g/mol. The fourth-order valence-corrected chi connectivity index (χ4v) is 3.46. The Morgan fingerprint density at radius 2 is 1.58 bits per heavy atom. The van der Waals surface area contributed by atoms with Crippen LogP contribution in [-0.2, 0) is 0 Å². The number of fused-ring (bicyclic) bond motifs is 1. The predicted octanol–water partition coefficient (Wildman–Crippen LogP) is 5.21. The summed E-state index contributed by atoms with van der Waals surface area (Å²) in [6, 6.07) is 4.35. The third kappa shape index (κ3) is 3.25. The van der Waals surface area contributed by atoms with Crippen molar-refractivity contribution in [3.8, 4) is 11.5 Å². The van der Waals surface area contributed by atoms with Gasteiger partial charge in [0.2, 0.25) is 0 Å². The molecular formula is C16H23BrO2. The summed E-state index contributed by atoms with van der Waals surface area (Å²) >= 11 is 3.76. The van der Waals surface area contributed by atoms with E-state index in [2.05, 4.69) is 48.8 Å². The molecule has 1 aromatic carbocycles. The predicted molar refractivity (Wildman–Crippen MR) is 82.7 cm³/mol. The Morgan fingerprint density at radius 3 is 2.11 bits per heavy atom. The molecule has 0 fully saturated rings. The van der Waals surface area contributed by atoms with E-state index in [1.54, 1.807) is 0 Å². The van der Waals surface area contributed by atoms with Crippen LogP contribution >= 0.6 is 15.9 Å². The molecule has 2 unspecified atom stereocenters. The van der Waals surface area contributed by atoms with E-state index in [9.17, 15) is 0 Å². The second kappa shape index (κ2) is 6.65. The number of hydrogen-bond donors (Lipinski definition) is 0. The van der Waals surface area contributed by atoms with E-state index in [0.29, 0.717) is 10.7 Å². The first-order valence-corrected chi connectivity index (χ1v) is 8.16. The van der Waals surface area contributed by atoms with Crippen LogP contribution in [0.3, 0.4) is 0 Å². The van der Waals surface area contributed by atoms with Crippen LogP contribution in [0.1, 0.15) is 61.9 Å². The van der Waals surface area contributed by atoms with Gasteiger partial charge in [-0.25, -0.2) is 0 Å². The summed E-state index contributed by atoms with van der Waals surface area (Å²) in [6.45, 7) is 8.00. The van der Waals surface area contributed by atoms with Crippen molar-refractivity contribution in [2.24, 2.45) is 0 Å². The van der Waals surface area contributed by atoms with Crippen LogP contribution in [0.4, 0.5) is 0 Å². The van der Waals surface area contributed by atoms with E-state index in [0.717, 1.165) is 44.0 Å². The first kappa shape index (κ1) is 14.7. The number of alkyl halides is 1. The Kier molecular flexibility index (Phi) is 5.14. The Balaban J connectivity index is 2.31. The van der Waals surface area contributed by atoms with E-state index >= 15 is 0 Å². The molecule has 3 heteroatoms. The van der Waals surface area contributed by atoms with E-state index in [1.807, 2.05) is 0 Å². The first-order chi connectivity index (χ1) is 9.17. The summed E-state index contributed by atoms with van der Waals surface area (Å²) in [6.07, 6.45) is 3.18. The molecule has 0 aliphatic heterocycles. The van der Waals surface area contributed by atoms with Gasteiger partial charge in [0.15, 0.2) is 11.5 Å². The molecule has 0 saturated carbocycles. The van der Waals surface area contributed by atoms with Gasteiger partial charge in [-0.05, 0) is 48.4 Å². The minimum Gasteiger partial charge on any atom is -0.490 e. The summed E-state index contributed by atoms with van der Waals surface area (Å²) in [5.74, 6) is 2.39. The molecule has 0 aromatic heterocycles. The molecule has 0 N–H and O–H groups in total. The SMILES string of the molecule is CCCOc1cc2c(cc1OCCC)C(Br)CC2C. The average molecular weight is 327 g/mol. The number of hydrogen-bond acceptors (Lipinski definition) is 2. The molecule has 1 aliphatic rings. The smallest absolute Gasteiger partial charge is 0.161 e. The summed E-state index contributed by atoms with van der Waals surface area (Å²) in [4.78, 5) is 0.446. The molecule has 0 amide bonds. The molecule has 0 radical (unpaired) electrons. The third-order valence-corrected chi connectivity index (χ3v) is 4.37. The van der Waals surface area contributed by atoms with Gasteiger partial charge in [-0.15, -0.1) is 0 Å². The Bertz CT molecular complexity index is 392. The van der Waals surface area contributed by atoms with Crippen LogP contribution in [-0.4, -0.2) is 13.2 Å². The highest BCUT2D eigenvalue weighted by atomic mass is 79.9. The molecular weight excluding hydrogens is 304 g/mol. The van der Waals surface area contributed by atoms with Crippen LogP contribution < -0.4 is 9.47 Å². The lowest BCUT2D eigenvalue weighted by Crippen LogP contribution is -2.03. The van der Waals surface area contributed by atoms with Crippen molar-refractivity contribution in [1.29, 1.82) is 0 Å². The Hall–Kier alpha value is -0.700. The van der Waals surface area contributed by atoms with E-state index in [-0.39, 0.29) is 0 Å². The van der Waals surface area contributed by atoms with Gasteiger partial charge in [-0.2, -0.15) is 0 Å². The molecule has 2 atom stereocenters. The zero-order valence-corrected chi connectivity index (χ0v) is 13.6. The van der Waals surface area contributed by atoms with Gasteiger partial charge in [0.1, 0.15) is 0 Å². The van der Waals surface area contributed by atoms with E-state index in [1.165, 1.54) is 11.1 Å². The Morgan fingerprint density at radius 1 is 1.05 bits per heavy atom. The molecule has 1 aromatic rings. The molecule has 106 valence electrons. The third-order valence-electron chi connectivity index (χ3n) is 3.50.